The lowest BCUT2D eigenvalue weighted by atomic mass is 10.1. The molecule has 0 aliphatic carbocycles. The lowest BCUT2D eigenvalue weighted by Gasteiger charge is -2.06. The maximum atomic E-state index is 12.2. The van der Waals surface area contributed by atoms with Crippen LogP contribution in [0.1, 0.15) is 15.4 Å². The van der Waals surface area contributed by atoms with Gasteiger partial charge in [0.05, 0.1) is 13.7 Å². The summed E-state index contributed by atoms with van der Waals surface area (Å²) in [5.74, 6) is 0.678. The summed E-state index contributed by atoms with van der Waals surface area (Å²) in [5, 5.41) is 7.72. The maximum Gasteiger partial charge on any atom is 0.251 e. The van der Waals surface area contributed by atoms with E-state index in [4.69, 9.17) is 4.74 Å². The van der Waals surface area contributed by atoms with E-state index in [-0.39, 0.29) is 5.91 Å². The fourth-order valence-electron chi connectivity index (χ4n) is 2.09. The summed E-state index contributed by atoms with van der Waals surface area (Å²) < 4.78 is 5.21. The van der Waals surface area contributed by atoms with E-state index in [2.05, 4.69) is 10.3 Å². The summed E-state index contributed by atoms with van der Waals surface area (Å²) in [6.07, 6.45) is 1.73. The Morgan fingerprint density at radius 2 is 2.10 bits per heavy atom. The highest BCUT2D eigenvalue weighted by Crippen LogP contribution is 2.22. The third kappa shape index (κ3) is 3.03. The van der Waals surface area contributed by atoms with Crippen molar-refractivity contribution in [1.29, 1.82) is 0 Å². The molecule has 1 heterocycles. The van der Waals surface area contributed by atoms with Crippen LogP contribution >= 0.6 is 11.3 Å². The van der Waals surface area contributed by atoms with E-state index in [0.717, 1.165) is 21.5 Å². The Hall–Kier alpha value is -2.40. The van der Waals surface area contributed by atoms with Gasteiger partial charge in [-0.1, -0.05) is 12.1 Å². The number of carbonyl (C=O) groups excluding carboxylic acids is 1. The van der Waals surface area contributed by atoms with Crippen LogP contribution in [-0.2, 0) is 6.54 Å². The molecular formula is C16H14N2O2S. The van der Waals surface area contributed by atoms with Gasteiger partial charge in [0.2, 0.25) is 0 Å². The van der Waals surface area contributed by atoms with Crippen LogP contribution in [0.3, 0.4) is 0 Å². The van der Waals surface area contributed by atoms with Gasteiger partial charge < -0.3 is 10.1 Å². The summed E-state index contributed by atoms with van der Waals surface area (Å²) in [6.45, 7) is 0.451. The van der Waals surface area contributed by atoms with E-state index in [1.165, 1.54) is 11.3 Å². The lowest BCUT2D eigenvalue weighted by molar-refractivity contribution is 0.0951. The third-order valence-corrected chi connectivity index (χ3v) is 3.97. The van der Waals surface area contributed by atoms with Crippen LogP contribution < -0.4 is 10.1 Å². The molecule has 0 atom stereocenters. The van der Waals surface area contributed by atoms with Gasteiger partial charge in [-0.15, -0.1) is 11.3 Å². The average Bonchev–Trinajstić information content (AvgIpc) is 3.04. The topological polar surface area (TPSA) is 51.2 Å². The van der Waals surface area contributed by atoms with Crippen molar-refractivity contribution in [3.05, 3.63) is 58.5 Å². The zero-order valence-corrected chi connectivity index (χ0v) is 12.3. The van der Waals surface area contributed by atoms with E-state index in [9.17, 15) is 4.79 Å². The molecule has 1 aromatic heterocycles. The predicted octanol–water partition coefficient (Wildman–Crippen LogP) is 3.23. The molecule has 3 aromatic rings. The van der Waals surface area contributed by atoms with Crippen molar-refractivity contribution < 1.29 is 9.53 Å². The summed E-state index contributed by atoms with van der Waals surface area (Å²) in [6, 6.07) is 11.4. The van der Waals surface area contributed by atoms with E-state index in [1.807, 2.05) is 41.8 Å². The van der Waals surface area contributed by atoms with Gasteiger partial charge in [0.25, 0.3) is 5.91 Å². The predicted molar refractivity (Wildman–Crippen MR) is 83.8 cm³/mol. The smallest absolute Gasteiger partial charge is 0.251 e. The summed E-state index contributed by atoms with van der Waals surface area (Å²) in [7, 11) is 1.63. The number of rotatable bonds is 4. The zero-order chi connectivity index (χ0) is 14.7. The number of methoxy groups -OCH3 is 1. The van der Waals surface area contributed by atoms with Gasteiger partial charge in [-0.05, 0) is 35.0 Å². The van der Waals surface area contributed by atoms with E-state index in [1.54, 1.807) is 13.3 Å². The number of fused-ring (bicyclic) bond motifs is 1. The number of nitrogens with one attached hydrogen (secondary N) is 1. The van der Waals surface area contributed by atoms with Gasteiger partial charge in [-0.25, -0.2) is 4.98 Å². The van der Waals surface area contributed by atoms with Gasteiger partial charge in [0.1, 0.15) is 10.8 Å². The molecule has 106 valence electrons. The Morgan fingerprint density at radius 1 is 1.24 bits per heavy atom. The molecule has 0 saturated carbocycles. The molecule has 1 N–H and O–H groups in total. The molecule has 0 bridgehead atoms. The van der Waals surface area contributed by atoms with Crippen molar-refractivity contribution in [2.45, 2.75) is 6.54 Å². The quantitative estimate of drug-likeness (QED) is 0.804. The van der Waals surface area contributed by atoms with Crippen LogP contribution in [0.15, 0.2) is 48.0 Å². The first-order valence-corrected chi connectivity index (χ1v) is 7.38. The molecule has 1 amide bonds. The molecule has 2 aromatic carbocycles. The molecule has 0 unspecified atom stereocenters. The molecule has 5 heteroatoms. The molecule has 0 aliphatic heterocycles. The molecule has 0 saturated heterocycles. The average molecular weight is 298 g/mol. The van der Waals surface area contributed by atoms with Crippen molar-refractivity contribution >= 4 is 28.0 Å². The monoisotopic (exact) mass is 298 g/mol. The number of aromatic nitrogens is 1. The van der Waals surface area contributed by atoms with Crippen LogP contribution in [0, 0.1) is 0 Å². The molecule has 0 radical (unpaired) electrons. The highest BCUT2D eigenvalue weighted by Gasteiger charge is 2.07. The van der Waals surface area contributed by atoms with E-state index < -0.39 is 0 Å². The first-order chi connectivity index (χ1) is 10.3. The van der Waals surface area contributed by atoms with Crippen LogP contribution in [0.4, 0.5) is 0 Å². The molecule has 21 heavy (non-hydrogen) atoms. The van der Waals surface area contributed by atoms with Gasteiger partial charge in [0.15, 0.2) is 0 Å². The minimum absolute atomic E-state index is 0.102. The van der Waals surface area contributed by atoms with Gasteiger partial charge >= 0.3 is 0 Å². The number of amides is 1. The molecule has 3 rings (SSSR count). The Labute approximate surface area is 126 Å². The Kier molecular flexibility index (Phi) is 3.83. The zero-order valence-electron chi connectivity index (χ0n) is 11.5. The van der Waals surface area contributed by atoms with Crippen molar-refractivity contribution in [3.8, 4) is 5.75 Å². The lowest BCUT2D eigenvalue weighted by Crippen LogP contribution is -2.22. The van der Waals surface area contributed by atoms with Crippen molar-refractivity contribution in [1.82, 2.24) is 10.3 Å². The Bertz CT molecular complexity index is 769. The number of ether oxygens (including phenoxy) is 1. The van der Waals surface area contributed by atoms with E-state index >= 15 is 0 Å². The molecule has 0 spiro atoms. The molecular weight excluding hydrogens is 284 g/mol. The van der Waals surface area contributed by atoms with Gasteiger partial charge in [-0.2, -0.15) is 0 Å². The van der Waals surface area contributed by atoms with Crippen molar-refractivity contribution in [3.63, 3.8) is 0 Å². The van der Waals surface area contributed by atoms with Crippen molar-refractivity contribution in [2.24, 2.45) is 0 Å². The van der Waals surface area contributed by atoms with E-state index in [0.29, 0.717) is 12.1 Å². The minimum Gasteiger partial charge on any atom is -0.497 e. The largest absolute Gasteiger partial charge is 0.497 e. The SMILES string of the molecule is COc1ccc2ccc(C(=O)NCc3nccs3)cc2c1. The Morgan fingerprint density at radius 3 is 2.86 bits per heavy atom. The first kappa shape index (κ1) is 13.6. The summed E-state index contributed by atoms with van der Waals surface area (Å²) in [5.41, 5.74) is 0.632. The van der Waals surface area contributed by atoms with Crippen molar-refractivity contribution in [2.75, 3.05) is 7.11 Å². The fourth-order valence-corrected chi connectivity index (χ4v) is 2.65. The van der Waals surface area contributed by atoms with Gasteiger partial charge in [0, 0.05) is 17.1 Å². The molecule has 4 nitrogen and oxygen atoms in total. The second-order valence-electron chi connectivity index (χ2n) is 4.54. The van der Waals surface area contributed by atoms with Crippen LogP contribution in [0.25, 0.3) is 10.8 Å². The molecule has 0 fully saturated rings. The van der Waals surface area contributed by atoms with Crippen LogP contribution in [-0.4, -0.2) is 18.0 Å². The normalized spacial score (nSPS) is 10.5. The number of benzene rings is 2. The second kappa shape index (κ2) is 5.93. The molecule has 0 aliphatic rings. The summed E-state index contributed by atoms with van der Waals surface area (Å²) in [4.78, 5) is 16.3. The highest BCUT2D eigenvalue weighted by molar-refractivity contribution is 7.09. The van der Waals surface area contributed by atoms with Crippen LogP contribution in [0.2, 0.25) is 0 Å². The second-order valence-corrected chi connectivity index (χ2v) is 5.52. The highest BCUT2D eigenvalue weighted by atomic mass is 32.1. The number of hydrogen-bond donors (Lipinski definition) is 1. The first-order valence-electron chi connectivity index (χ1n) is 6.50. The number of carbonyl (C=O) groups is 1. The standard InChI is InChI=1S/C16H14N2O2S/c1-20-14-5-4-11-2-3-12(8-13(11)9-14)16(19)18-10-15-17-6-7-21-15/h2-9H,10H2,1H3,(H,18,19). The fraction of sp³-hybridized carbons (Fsp3) is 0.125. The maximum absolute atomic E-state index is 12.2. The number of hydrogen-bond acceptors (Lipinski definition) is 4. The van der Waals surface area contributed by atoms with Gasteiger partial charge in [-0.3, -0.25) is 4.79 Å². The Balaban J connectivity index is 1.80. The number of nitrogens with zero attached hydrogens (tertiary/aromatic N) is 1. The number of thiazole rings is 1. The summed E-state index contributed by atoms with van der Waals surface area (Å²) >= 11 is 1.53. The minimum atomic E-state index is -0.102. The van der Waals surface area contributed by atoms with Crippen LogP contribution in [0.5, 0.6) is 5.75 Å². The third-order valence-electron chi connectivity index (χ3n) is 3.19.